The van der Waals surface area contributed by atoms with Crippen molar-refractivity contribution in [2.24, 2.45) is 0 Å². The molecule has 0 N–H and O–H groups in total. The highest BCUT2D eigenvalue weighted by Crippen LogP contribution is 2.26. The number of nitrogens with zero attached hydrogens (tertiary/aromatic N) is 2. The quantitative estimate of drug-likeness (QED) is 0.622. The van der Waals surface area contributed by atoms with Crippen molar-refractivity contribution < 1.29 is 9.72 Å². The van der Waals surface area contributed by atoms with Crippen LogP contribution in [0.25, 0.3) is 0 Å². The molecule has 102 valence electrons. The minimum absolute atomic E-state index is 0.0455. The van der Waals surface area contributed by atoms with Crippen LogP contribution in [0.1, 0.15) is 17.3 Å². The van der Waals surface area contributed by atoms with Crippen LogP contribution in [0.3, 0.4) is 0 Å². The Bertz CT molecular complexity index is 524. The van der Waals surface area contributed by atoms with Crippen molar-refractivity contribution in [2.75, 3.05) is 18.8 Å². The van der Waals surface area contributed by atoms with E-state index in [1.54, 1.807) is 4.90 Å². The van der Waals surface area contributed by atoms with Crippen LogP contribution in [-0.4, -0.2) is 39.8 Å². The van der Waals surface area contributed by atoms with E-state index >= 15 is 0 Å². The highest BCUT2D eigenvalue weighted by molar-refractivity contribution is 7.99. The van der Waals surface area contributed by atoms with Crippen LogP contribution in [0.4, 0.5) is 5.69 Å². The second kappa shape index (κ2) is 5.79. The lowest BCUT2D eigenvalue weighted by molar-refractivity contribution is -0.384. The fourth-order valence-corrected chi connectivity index (χ4v) is 3.17. The monoisotopic (exact) mass is 300 g/mol. The van der Waals surface area contributed by atoms with Crippen molar-refractivity contribution in [1.29, 1.82) is 0 Å². The molecule has 0 spiro atoms. The number of nitro benzene ring substituents is 1. The van der Waals surface area contributed by atoms with Crippen molar-refractivity contribution in [2.45, 2.75) is 12.2 Å². The summed E-state index contributed by atoms with van der Waals surface area (Å²) in [6.07, 6.45) is 0. The van der Waals surface area contributed by atoms with Crippen LogP contribution in [0, 0.1) is 10.1 Å². The molecule has 0 aromatic heterocycles. The maximum atomic E-state index is 12.3. The molecule has 1 heterocycles. The van der Waals surface area contributed by atoms with Crippen LogP contribution < -0.4 is 0 Å². The van der Waals surface area contributed by atoms with E-state index in [2.05, 4.69) is 6.92 Å². The van der Waals surface area contributed by atoms with E-state index in [1.807, 2.05) is 11.8 Å². The van der Waals surface area contributed by atoms with Gasteiger partial charge in [0.1, 0.15) is 5.02 Å². The predicted octanol–water partition coefficient (Wildman–Crippen LogP) is 2.83. The number of nitro groups is 1. The van der Waals surface area contributed by atoms with Gasteiger partial charge in [-0.25, -0.2) is 0 Å². The summed E-state index contributed by atoms with van der Waals surface area (Å²) in [6, 6.07) is 4.18. The first-order chi connectivity index (χ1) is 8.99. The van der Waals surface area contributed by atoms with Gasteiger partial charge >= 0.3 is 0 Å². The topological polar surface area (TPSA) is 63.5 Å². The molecule has 1 aromatic carbocycles. The number of carbonyl (C=O) groups excluding carboxylic acids is 1. The SMILES string of the molecule is CC1CN(C(=O)c2ccc(Cl)c([N+](=O)[O-])c2)CCS1. The Kier molecular flexibility index (Phi) is 4.31. The molecule has 1 amide bonds. The number of carbonyl (C=O) groups is 1. The Morgan fingerprint density at radius 3 is 2.95 bits per heavy atom. The third kappa shape index (κ3) is 3.19. The van der Waals surface area contributed by atoms with Gasteiger partial charge in [0.2, 0.25) is 0 Å². The van der Waals surface area contributed by atoms with E-state index in [9.17, 15) is 14.9 Å². The molecule has 1 aliphatic rings. The zero-order valence-electron chi connectivity index (χ0n) is 10.3. The van der Waals surface area contributed by atoms with Crippen LogP contribution in [0.5, 0.6) is 0 Å². The van der Waals surface area contributed by atoms with Gasteiger partial charge in [0.25, 0.3) is 11.6 Å². The molecule has 1 atom stereocenters. The summed E-state index contributed by atoms with van der Waals surface area (Å²) < 4.78 is 0. The van der Waals surface area contributed by atoms with Gasteiger partial charge in [-0.3, -0.25) is 14.9 Å². The lowest BCUT2D eigenvalue weighted by Gasteiger charge is -2.30. The van der Waals surface area contributed by atoms with Crippen molar-refractivity contribution >= 4 is 35.0 Å². The Balaban J connectivity index is 2.24. The van der Waals surface area contributed by atoms with Crippen LogP contribution >= 0.6 is 23.4 Å². The van der Waals surface area contributed by atoms with Crippen molar-refractivity contribution in [3.8, 4) is 0 Å². The van der Waals surface area contributed by atoms with E-state index in [0.717, 1.165) is 5.75 Å². The summed E-state index contributed by atoms with van der Waals surface area (Å²) >= 11 is 7.56. The number of thioether (sulfide) groups is 1. The Labute approximate surface area is 120 Å². The summed E-state index contributed by atoms with van der Waals surface area (Å²) in [5.41, 5.74) is 0.0853. The molecule has 1 unspecified atom stereocenters. The molecule has 5 nitrogen and oxygen atoms in total. The molecule has 0 bridgehead atoms. The van der Waals surface area contributed by atoms with Crippen molar-refractivity contribution in [3.63, 3.8) is 0 Å². The van der Waals surface area contributed by atoms with Crippen LogP contribution in [-0.2, 0) is 0 Å². The average Bonchev–Trinajstić information content (AvgIpc) is 2.38. The van der Waals surface area contributed by atoms with E-state index in [1.165, 1.54) is 18.2 Å². The summed E-state index contributed by atoms with van der Waals surface area (Å²) in [5.74, 6) is 0.717. The number of amides is 1. The number of hydrogen-bond acceptors (Lipinski definition) is 4. The molecule has 1 saturated heterocycles. The first-order valence-corrected chi connectivity index (χ1v) is 7.26. The van der Waals surface area contributed by atoms with Crippen molar-refractivity contribution in [3.05, 3.63) is 38.9 Å². The highest BCUT2D eigenvalue weighted by Gasteiger charge is 2.24. The van der Waals surface area contributed by atoms with Crippen LogP contribution in [0.2, 0.25) is 5.02 Å². The van der Waals surface area contributed by atoms with Gasteiger partial charge in [0, 0.05) is 35.7 Å². The molecule has 0 aliphatic carbocycles. The van der Waals surface area contributed by atoms with Gasteiger partial charge in [-0.1, -0.05) is 18.5 Å². The summed E-state index contributed by atoms with van der Waals surface area (Å²) in [6.45, 7) is 3.40. The standard InChI is InChI=1S/C12H13ClN2O3S/c1-8-7-14(4-5-19-8)12(16)9-2-3-10(13)11(6-9)15(17)18/h2-3,6,8H,4-5,7H2,1H3. The smallest absolute Gasteiger partial charge is 0.288 e. The van der Waals surface area contributed by atoms with E-state index in [0.29, 0.717) is 23.9 Å². The molecule has 0 saturated carbocycles. The van der Waals surface area contributed by atoms with Crippen molar-refractivity contribution in [1.82, 2.24) is 4.90 Å². The Morgan fingerprint density at radius 1 is 1.58 bits per heavy atom. The lowest BCUT2D eigenvalue weighted by Crippen LogP contribution is -2.41. The molecule has 1 aromatic rings. The second-order valence-electron chi connectivity index (χ2n) is 4.36. The van der Waals surface area contributed by atoms with Gasteiger partial charge in [-0.2, -0.15) is 11.8 Å². The van der Waals surface area contributed by atoms with Gasteiger partial charge in [0.15, 0.2) is 0 Å². The van der Waals surface area contributed by atoms with Gasteiger partial charge in [-0.15, -0.1) is 0 Å². The molecule has 0 radical (unpaired) electrons. The fourth-order valence-electron chi connectivity index (χ4n) is 1.97. The largest absolute Gasteiger partial charge is 0.337 e. The summed E-state index contributed by atoms with van der Waals surface area (Å²) in [7, 11) is 0. The van der Waals surface area contributed by atoms with Gasteiger partial charge in [0.05, 0.1) is 4.92 Å². The lowest BCUT2D eigenvalue weighted by atomic mass is 10.1. The third-order valence-corrected chi connectivity index (χ3v) is 4.37. The number of benzene rings is 1. The molecule has 7 heteroatoms. The molecule has 1 aliphatic heterocycles. The molecular weight excluding hydrogens is 288 g/mol. The number of hydrogen-bond donors (Lipinski definition) is 0. The molecule has 19 heavy (non-hydrogen) atoms. The maximum Gasteiger partial charge on any atom is 0.288 e. The predicted molar refractivity (Wildman–Crippen MR) is 75.9 cm³/mol. The Morgan fingerprint density at radius 2 is 2.32 bits per heavy atom. The van der Waals surface area contributed by atoms with E-state index < -0.39 is 4.92 Å². The number of halogens is 1. The first-order valence-electron chi connectivity index (χ1n) is 5.84. The van der Waals surface area contributed by atoms with E-state index in [4.69, 9.17) is 11.6 Å². The van der Waals surface area contributed by atoms with E-state index in [-0.39, 0.29) is 16.6 Å². The van der Waals surface area contributed by atoms with Gasteiger partial charge in [-0.05, 0) is 12.1 Å². The fraction of sp³-hybridized carbons (Fsp3) is 0.417. The minimum Gasteiger partial charge on any atom is -0.337 e. The zero-order chi connectivity index (χ0) is 14.0. The third-order valence-electron chi connectivity index (χ3n) is 2.92. The second-order valence-corrected chi connectivity index (χ2v) is 6.31. The minimum atomic E-state index is -0.576. The molecular formula is C12H13ClN2O3S. The molecule has 2 rings (SSSR count). The van der Waals surface area contributed by atoms with Gasteiger partial charge < -0.3 is 4.90 Å². The maximum absolute atomic E-state index is 12.3. The highest BCUT2D eigenvalue weighted by atomic mass is 35.5. The summed E-state index contributed by atoms with van der Waals surface area (Å²) in [5, 5.41) is 11.3. The molecule has 1 fully saturated rings. The normalized spacial score (nSPS) is 19.3. The number of rotatable bonds is 2. The first kappa shape index (κ1) is 14.1. The Hall–Kier alpha value is -1.27. The van der Waals surface area contributed by atoms with Crippen LogP contribution in [0.15, 0.2) is 18.2 Å². The average molecular weight is 301 g/mol. The zero-order valence-corrected chi connectivity index (χ0v) is 11.9. The summed E-state index contributed by atoms with van der Waals surface area (Å²) in [4.78, 5) is 24.3.